The highest BCUT2D eigenvalue weighted by Gasteiger charge is 2.51. The van der Waals surface area contributed by atoms with Crippen LogP contribution in [-0.4, -0.2) is 34.8 Å². The molecule has 0 unspecified atom stereocenters. The molecule has 1 spiro atoms. The third kappa shape index (κ3) is 1.95. The maximum absolute atomic E-state index is 12.9. The first kappa shape index (κ1) is 13.3. The summed E-state index contributed by atoms with van der Waals surface area (Å²) in [6.45, 7) is 3.85. The van der Waals surface area contributed by atoms with Crippen LogP contribution in [0.25, 0.3) is 0 Å². The summed E-state index contributed by atoms with van der Waals surface area (Å²) in [4.78, 5) is 26.1. The molecule has 2 aliphatic heterocycles. The Morgan fingerprint density at radius 2 is 2.00 bits per heavy atom. The summed E-state index contributed by atoms with van der Waals surface area (Å²) in [7, 11) is 1.61. The lowest BCUT2D eigenvalue weighted by Crippen LogP contribution is -2.43. The van der Waals surface area contributed by atoms with Gasteiger partial charge >= 0.3 is 0 Å². The molecule has 3 heterocycles. The van der Waals surface area contributed by atoms with Gasteiger partial charge in [-0.2, -0.15) is 5.10 Å². The van der Waals surface area contributed by atoms with Gasteiger partial charge in [0.2, 0.25) is 5.91 Å². The summed E-state index contributed by atoms with van der Waals surface area (Å²) in [6, 6.07) is 3.25. The molecule has 0 radical (unpaired) electrons. The van der Waals surface area contributed by atoms with Crippen molar-refractivity contribution in [2.24, 2.45) is 12.5 Å². The van der Waals surface area contributed by atoms with Crippen LogP contribution in [0.4, 0.5) is 5.82 Å². The largest absolute Gasteiger partial charge is 0.317 e. The van der Waals surface area contributed by atoms with Crippen molar-refractivity contribution >= 4 is 11.7 Å². The van der Waals surface area contributed by atoms with E-state index in [2.05, 4.69) is 17.3 Å². The van der Waals surface area contributed by atoms with Gasteiger partial charge in [-0.3, -0.25) is 14.5 Å². The molecule has 0 saturated carbocycles. The fraction of sp³-hybridized carbons (Fsp3) is 0.643. The standard InChI is InChI=1S/C14H20N4O2/c1-10-9-14(5-7-15-8-6-14)13(20)18(10)11-3-4-12(19)17(2)16-11/h3-4,10,15H,5-9H2,1-2H3/t10-/m0/s1. The molecule has 0 aliphatic carbocycles. The summed E-state index contributed by atoms with van der Waals surface area (Å²) >= 11 is 0. The van der Waals surface area contributed by atoms with Gasteiger partial charge in [0.1, 0.15) is 0 Å². The minimum atomic E-state index is -0.235. The van der Waals surface area contributed by atoms with Gasteiger partial charge < -0.3 is 5.32 Å². The minimum Gasteiger partial charge on any atom is -0.317 e. The molecule has 1 aromatic rings. The molecule has 6 heteroatoms. The molecule has 0 aromatic carbocycles. The van der Waals surface area contributed by atoms with Crippen LogP contribution in [-0.2, 0) is 11.8 Å². The van der Waals surface area contributed by atoms with Gasteiger partial charge in [-0.1, -0.05) is 0 Å². The second-order valence-electron chi connectivity index (χ2n) is 5.91. The third-order valence-electron chi connectivity index (χ3n) is 4.55. The molecule has 1 atom stereocenters. The van der Waals surface area contributed by atoms with Crippen molar-refractivity contribution in [3.05, 3.63) is 22.5 Å². The van der Waals surface area contributed by atoms with Crippen molar-refractivity contribution in [2.45, 2.75) is 32.2 Å². The van der Waals surface area contributed by atoms with Crippen LogP contribution in [0.15, 0.2) is 16.9 Å². The number of nitrogens with zero attached hydrogens (tertiary/aromatic N) is 3. The van der Waals surface area contributed by atoms with Crippen LogP contribution >= 0.6 is 0 Å². The van der Waals surface area contributed by atoms with Gasteiger partial charge in [0.15, 0.2) is 5.82 Å². The molecule has 2 saturated heterocycles. The van der Waals surface area contributed by atoms with E-state index in [0.717, 1.165) is 32.4 Å². The molecule has 3 rings (SSSR count). The number of aromatic nitrogens is 2. The van der Waals surface area contributed by atoms with Gasteiger partial charge in [-0.05, 0) is 45.3 Å². The number of carbonyl (C=O) groups excluding carboxylic acids is 1. The number of piperidine rings is 1. The zero-order chi connectivity index (χ0) is 14.3. The number of carbonyl (C=O) groups is 1. The normalized spacial score (nSPS) is 25.4. The summed E-state index contributed by atoms with van der Waals surface area (Å²) in [5, 5.41) is 7.54. The molecule has 2 fully saturated rings. The number of anilines is 1. The first-order valence-corrected chi connectivity index (χ1v) is 7.12. The Balaban J connectivity index is 1.95. The Labute approximate surface area is 117 Å². The van der Waals surface area contributed by atoms with Crippen LogP contribution in [0.5, 0.6) is 0 Å². The first-order valence-electron chi connectivity index (χ1n) is 7.12. The molecule has 6 nitrogen and oxygen atoms in total. The second kappa shape index (κ2) is 4.70. The Morgan fingerprint density at radius 1 is 1.30 bits per heavy atom. The number of aryl methyl sites for hydroxylation is 1. The average Bonchev–Trinajstić information content (AvgIpc) is 2.66. The summed E-state index contributed by atoms with van der Waals surface area (Å²) in [5.41, 5.74) is -0.397. The minimum absolute atomic E-state index is 0.130. The number of amides is 1. The van der Waals surface area contributed by atoms with E-state index in [1.165, 1.54) is 10.7 Å². The molecular formula is C14H20N4O2. The highest BCUT2D eigenvalue weighted by atomic mass is 16.2. The van der Waals surface area contributed by atoms with Crippen molar-refractivity contribution < 1.29 is 4.79 Å². The monoisotopic (exact) mass is 276 g/mol. The topological polar surface area (TPSA) is 67.2 Å². The molecule has 1 amide bonds. The van der Waals surface area contributed by atoms with Crippen LogP contribution in [0.2, 0.25) is 0 Å². The number of rotatable bonds is 1. The molecule has 108 valence electrons. The molecule has 20 heavy (non-hydrogen) atoms. The van der Waals surface area contributed by atoms with E-state index >= 15 is 0 Å². The maximum atomic E-state index is 12.9. The summed E-state index contributed by atoms with van der Waals surface area (Å²) < 4.78 is 1.28. The van der Waals surface area contributed by atoms with E-state index in [9.17, 15) is 9.59 Å². The van der Waals surface area contributed by atoms with Gasteiger partial charge in [0, 0.05) is 19.2 Å². The van der Waals surface area contributed by atoms with Crippen LogP contribution < -0.4 is 15.8 Å². The average molecular weight is 276 g/mol. The van der Waals surface area contributed by atoms with Gasteiger partial charge in [0.25, 0.3) is 5.56 Å². The zero-order valence-electron chi connectivity index (χ0n) is 11.9. The van der Waals surface area contributed by atoms with Crippen LogP contribution in [0.3, 0.4) is 0 Å². The number of hydrogen-bond donors (Lipinski definition) is 1. The molecule has 0 bridgehead atoms. The first-order chi connectivity index (χ1) is 9.53. The van der Waals surface area contributed by atoms with Crippen molar-refractivity contribution in [3.8, 4) is 0 Å². The van der Waals surface area contributed by atoms with Gasteiger partial charge in [-0.25, -0.2) is 4.68 Å². The zero-order valence-corrected chi connectivity index (χ0v) is 11.9. The SMILES string of the molecule is C[C@H]1CC2(CCNCC2)C(=O)N1c1ccc(=O)n(C)n1. The number of nitrogens with one attached hydrogen (secondary N) is 1. The Bertz CT molecular complexity index is 589. The lowest BCUT2D eigenvalue weighted by molar-refractivity contribution is -0.126. The van der Waals surface area contributed by atoms with Gasteiger partial charge in [0.05, 0.1) is 5.41 Å². The summed E-state index contributed by atoms with van der Waals surface area (Å²) in [6.07, 6.45) is 2.65. The predicted molar refractivity (Wildman–Crippen MR) is 75.6 cm³/mol. The lowest BCUT2D eigenvalue weighted by atomic mass is 9.77. The second-order valence-corrected chi connectivity index (χ2v) is 5.91. The fourth-order valence-electron chi connectivity index (χ4n) is 3.47. The van der Waals surface area contributed by atoms with Crippen LogP contribution in [0.1, 0.15) is 26.2 Å². The quantitative estimate of drug-likeness (QED) is 0.800. The van der Waals surface area contributed by atoms with E-state index < -0.39 is 0 Å². The van der Waals surface area contributed by atoms with E-state index in [-0.39, 0.29) is 22.9 Å². The van der Waals surface area contributed by atoms with Crippen molar-refractivity contribution in [1.29, 1.82) is 0 Å². The van der Waals surface area contributed by atoms with E-state index in [1.54, 1.807) is 18.0 Å². The predicted octanol–water partition coefficient (Wildman–Crippen LogP) is 0.275. The lowest BCUT2D eigenvalue weighted by Gasteiger charge is -2.31. The number of hydrogen-bond acceptors (Lipinski definition) is 4. The van der Waals surface area contributed by atoms with E-state index in [1.807, 2.05) is 0 Å². The smallest absolute Gasteiger partial charge is 0.266 e. The van der Waals surface area contributed by atoms with Crippen molar-refractivity contribution in [2.75, 3.05) is 18.0 Å². The van der Waals surface area contributed by atoms with E-state index in [4.69, 9.17) is 0 Å². The van der Waals surface area contributed by atoms with E-state index in [0.29, 0.717) is 5.82 Å². The Morgan fingerprint density at radius 3 is 2.65 bits per heavy atom. The van der Waals surface area contributed by atoms with Crippen LogP contribution in [0, 0.1) is 5.41 Å². The highest BCUT2D eigenvalue weighted by molar-refractivity contribution is 5.99. The Hall–Kier alpha value is -1.69. The molecular weight excluding hydrogens is 256 g/mol. The molecule has 2 aliphatic rings. The van der Waals surface area contributed by atoms with Gasteiger partial charge in [-0.15, -0.1) is 0 Å². The fourth-order valence-corrected chi connectivity index (χ4v) is 3.47. The Kier molecular flexibility index (Phi) is 3.12. The highest BCUT2D eigenvalue weighted by Crippen LogP contribution is 2.44. The third-order valence-corrected chi connectivity index (χ3v) is 4.55. The van der Waals surface area contributed by atoms with Crippen molar-refractivity contribution in [1.82, 2.24) is 15.1 Å². The molecule has 1 aromatic heterocycles. The molecule has 1 N–H and O–H groups in total. The van der Waals surface area contributed by atoms with Crippen molar-refractivity contribution in [3.63, 3.8) is 0 Å². The maximum Gasteiger partial charge on any atom is 0.266 e. The summed E-state index contributed by atoms with van der Waals surface area (Å²) in [5.74, 6) is 0.748.